The van der Waals surface area contributed by atoms with Gasteiger partial charge in [-0.1, -0.05) is 20.8 Å². The van der Waals surface area contributed by atoms with Crippen molar-refractivity contribution in [2.24, 2.45) is 5.41 Å². The maximum Gasteiger partial charge on any atom is 0.429 e. The number of ether oxygens (including phenoxy) is 1. The molecule has 1 amide bonds. The van der Waals surface area contributed by atoms with Gasteiger partial charge in [0.05, 0.1) is 0 Å². The molecule has 0 fully saturated rings. The van der Waals surface area contributed by atoms with Crippen LogP contribution in [0, 0.1) is 16.7 Å². The molecule has 0 radical (unpaired) electrons. The van der Waals surface area contributed by atoms with Gasteiger partial charge in [0.15, 0.2) is 5.82 Å². The van der Waals surface area contributed by atoms with Crippen molar-refractivity contribution in [2.45, 2.75) is 53.6 Å². The predicted molar refractivity (Wildman–Crippen MR) is 110 cm³/mol. The highest BCUT2D eigenvalue weighted by molar-refractivity contribution is 5.70. The third kappa shape index (κ3) is 8.53. The number of hydrazine groups is 1. The quantitative estimate of drug-likeness (QED) is 0.660. The number of hydrogen-bond acceptors (Lipinski definition) is 7. The van der Waals surface area contributed by atoms with Gasteiger partial charge in [0.25, 0.3) is 0 Å². The van der Waals surface area contributed by atoms with Gasteiger partial charge < -0.3 is 9.64 Å². The van der Waals surface area contributed by atoms with Crippen LogP contribution in [0.25, 0.3) is 0 Å². The summed E-state index contributed by atoms with van der Waals surface area (Å²) in [6.07, 6.45) is 1.86. The highest BCUT2D eigenvalue weighted by Gasteiger charge is 2.30. The zero-order valence-corrected chi connectivity index (χ0v) is 18.5. The average molecular weight is 391 g/mol. The van der Waals surface area contributed by atoms with Gasteiger partial charge in [0, 0.05) is 25.4 Å². The molecule has 0 spiro atoms. The van der Waals surface area contributed by atoms with E-state index in [-0.39, 0.29) is 11.2 Å². The van der Waals surface area contributed by atoms with Gasteiger partial charge >= 0.3 is 6.09 Å². The molecule has 28 heavy (non-hydrogen) atoms. The molecule has 8 nitrogen and oxygen atoms in total. The van der Waals surface area contributed by atoms with Crippen LogP contribution in [-0.4, -0.2) is 65.3 Å². The van der Waals surface area contributed by atoms with Crippen molar-refractivity contribution >= 4 is 11.9 Å². The van der Waals surface area contributed by atoms with E-state index >= 15 is 0 Å². The minimum absolute atomic E-state index is 0.0637. The number of hydrogen-bond donors (Lipinski definition) is 0. The molecule has 0 saturated carbocycles. The summed E-state index contributed by atoms with van der Waals surface area (Å²) in [5.74, 6) is 0.561. The number of rotatable bonds is 7. The zero-order valence-electron chi connectivity index (χ0n) is 18.5. The summed E-state index contributed by atoms with van der Waals surface area (Å²) in [5, 5.41) is 12.6. The summed E-state index contributed by atoms with van der Waals surface area (Å²) in [6, 6.07) is 3.66. The lowest BCUT2D eigenvalue weighted by Crippen LogP contribution is -2.52. The van der Waals surface area contributed by atoms with Crippen molar-refractivity contribution < 1.29 is 9.53 Å². The Bertz CT molecular complexity index is 685. The van der Waals surface area contributed by atoms with Gasteiger partial charge in [-0.3, -0.25) is 5.01 Å². The monoisotopic (exact) mass is 390 g/mol. The van der Waals surface area contributed by atoms with Crippen LogP contribution in [0.2, 0.25) is 0 Å². The lowest BCUT2D eigenvalue weighted by Gasteiger charge is -2.40. The Morgan fingerprint density at radius 2 is 1.82 bits per heavy atom. The van der Waals surface area contributed by atoms with Crippen LogP contribution in [0.3, 0.4) is 0 Å². The van der Waals surface area contributed by atoms with Crippen molar-refractivity contribution in [3.63, 3.8) is 0 Å². The number of aromatic nitrogens is 2. The fourth-order valence-corrected chi connectivity index (χ4v) is 2.45. The van der Waals surface area contributed by atoms with E-state index in [1.54, 1.807) is 16.1 Å². The first-order valence-electron chi connectivity index (χ1n) is 9.48. The van der Waals surface area contributed by atoms with Crippen LogP contribution in [0.5, 0.6) is 0 Å². The minimum Gasteiger partial charge on any atom is -0.442 e. The Morgan fingerprint density at radius 1 is 1.18 bits per heavy atom. The van der Waals surface area contributed by atoms with Crippen LogP contribution in [0.4, 0.5) is 10.6 Å². The number of carbonyl (C=O) groups excluding carboxylic acids is 1. The maximum atomic E-state index is 13.0. The van der Waals surface area contributed by atoms with E-state index in [0.717, 1.165) is 13.0 Å². The first-order valence-corrected chi connectivity index (χ1v) is 9.48. The van der Waals surface area contributed by atoms with E-state index in [4.69, 9.17) is 4.74 Å². The Hall–Kier alpha value is -2.40. The summed E-state index contributed by atoms with van der Waals surface area (Å²) in [6.45, 7) is 13.6. The number of carbonyl (C=O) groups is 1. The van der Waals surface area contributed by atoms with Crippen molar-refractivity contribution in [1.82, 2.24) is 19.9 Å². The zero-order chi connectivity index (χ0) is 21.5. The van der Waals surface area contributed by atoms with E-state index in [1.807, 2.05) is 40.9 Å². The summed E-state index contributed by atoms with van der Waals surface area (Å²) in [4.78, 5) is 23.4. The molecule has 1 heterocycles. The SMILES string of the molecule is CN(C)CCCN(C(=O)OC(C)(C)C)N(CC(C)(C)C)c1ccnc(C#N)n1. The normalized spacial score (nSPS) is 11.9. The van der Waals surface area contributed by atoms with Gasteiger partial charge in [-0.15, -0.1) is 0 Å². The molecule has 1 rings (SSSR count). The van der Waals surface area contributed by atoms with Crippen molar-refractivity contribution in [3.05, 3.63) is 18.1 Å². The molecule has 0 aliphatic rings. The van der Waals surface area contributed by atoms with Gasteiger partial charge in [-0.25, -0.2) is 14.8 Å². The summed E-state index contributed by atoms with van der Waals surface area (Å²) in [7, 11) is 3.99. The average Bonchev–Trinajstić information content (AvgIpc) is 2.54. The molecule has 0 N–H and O–H groups in total. The van der Waals surface area contributed by atoms with Gasteiger partial charge in [0.1, 0.15) is 11.7 Å². The van der Waals surface area contributed by atoms with Crippen LogP contribution < -0.4 is 5.01 Å². The smallest absolute Gasteiger partial charge is 0.429 e. The fraction of sp³-hybridized carbons (Fsp3) is 0.700. The van der Waals surface area contributed by atoms with E-state index in [0.29, 0.717) is 18.9 Å². The lowest BCUT2D eigenvalue weighted by atomic mass is 9.96. The Balaban J connectivity index is 3.30. The molecule has 0 saturated heterocycles. The largest absolute Gasteiger partial charge is 0.442 e. The molecule has 0 aliphatic carbocycles. The molecular weight excluding hydrogens is 356 g/mol. The molecule has 0 bridgehead atoms. The Kier molecular flexibility index (Phi) is 8.18. The van der Waals surface area contributed by atoms with Crippen LogP contribution >= 0.6 is 0 Å². The van der Waals surface area contributed by atoms with E-state index in [9.17, 15) is 10.1 Å². The third-order valence-electron chi connectivity index (χ3n) is 3.50. The Morgan fingerprint density at radius 3 is 2.32 bits per heavy atom. The molecule has 0 aromatic carbocycles. The first-order chi connectivity index (χ1) is 12.8. The number of anilines is 1. The standard InChI is InChI=1S/C20H34N6O2/c1-19(2,3)15-26(17-10-11-22-16(14-21)23-17)25(13-9-12-24(7)8)18(27)28-20(4,5)6/h10-11H,9,12-13,15H2,1-8H3. The fourth-order valence-electron chi connectivity index (χ4n) is 2.45. The molecule has 1 aromatic rings. The van der Waals surface area contributed by atoms with Crippen LogP contribution in [-0.2, 0) is 4.74 Å². The van der Waals surface area contributed by atoms with E-state index < -0.39 is 11.7 Å². The second kappa shape index (κ2) is 9.69. The van der Waals surface area contributed by atoms with Gasteiger partial charge in [-0.05, 0) is 53.2 Å². The number of nitrogens with zero attached hydrogens (tertiary/aromatic N) is 6. The summed E-state index contributed by atoms with van der Waals surface area (Å²) in [5.41, 5.74) is -0.743. The number of amides is 1. The van der Waals surface area contributed by atoms with Crippen molar-refractivity contribution in [1.29, 1.82) is 5.26 Å². The molecule has 8 heteroatoms. The number of nitriles is 1. The third-order valence-corrected chi connectivity index (χ3v) is 3.50. The van der Waals surface area contributed by atoms with E-state index in [1.165, 1.54) is 6.20 Å². The lowest BCUT2D eigenvalue weighted by molar-refractivity contribution is 0.0202. The topological polar surface area (TPSA) is 85.6 Å². The molecular formula is C20H34N6O2. The Labute approximate surface area is 169 Å². The van der Waals surface area contributed by atoms with Crippen LogP contribution in [0.1, 0.15) is 53.8 Å². The minimum atomic E-state index is -0.617. The molecule has 156 valence electrons. The molecule has 1 aromatic heterocycles. The summed E-state index contributed by atoms with van der Waals surface area (Å²) < 4.78 is 5.65. The second-order valence-corrected chi connectivity index (χ2v) is 9.23. The molecule has 0 atom stereocenters. The van der Waals surface area contributed by atoms with Crippen molar-refractivity contribution in [2.75, 3.05) is 38.7 Å². The first kappa shape index (κ1) is 23.6. The highest BCUT2D eigenvalue weighted by atomic mass is 16.6. The second-order valence-electron chi connectivity index (χ2n) is 9.23. The molecule has 0 aliphatic heterocycles. The van der Waals surface area contributed by atoms with E-state index in [2.05, 4.69) is 35.6 Å². The van der Waals surface area contributed by atoms with Gasteiger partial charge in [0.2, 0.25) is 5.82 Å². The van der Waals surface area contributed by atoms with Crippen molar-refractivity contribution in [3.8, 4) is 6.07 Å². The highest BCUT2D eigenvalue weighted by Crippen LogP contribution is 2.24. The van der Waals surface area contributed by atoms with Gasteiger partial charge in [-0.2, -0.15) is 10.2 Å². The summed E-state index contributed by atoms with van der Waals surface area (Å²) >= 11 is 0. The predicted octanol–water partition coefficient (Wildman–Crippen LogP) is 3.30. The maximum absolute atomic E-state index is 13.0. The molecule has 0 unspecified atom stereocenters. The van der Waals surface area contributed by atoms with Crippen LogP contribution in [0.15, 0.2) is 12.3 Å².